The third-order valence-electron chi connectivity index (χ3n) is 7.86. The van der Waals surface area contributed by atoms with Crippen molar-refractivity contribution < 1.29 is 9.47 Å². The van der Waals surface area contributed by atoms with Crippen LogP contribution in [0.1, 0.15) is 0 Å². The monoisotopic (exact) mass is 804 g/mol. The molecule has 0 aliphatic carbocycles. The maximum absolute atomic E-state index is 5.65. The van der Waals surface area contributed by atoms with E-state index in [1.165, 1.54) is 11.4 Å². The summed E-state index contributed by atoms with van der Waals surface area (Å²) < 4.78 is 12.6. The highest BCUT2D eigenvalue weighted by atomic mass is 79.9. The van der Waals surface area contributed by atoms with Gasteiger partial charge in [-0.2, -0.15) is 0 Å². The van der Waals surface area contributed by atoms with Crippen molar-refractivity contribution in [3.63, 3.8) is 0 Å². The molecule has 10 nitrogen and oxygen atoms in total. The molecule has 0 bridgehead atoms. The summed E-state index contributed by atoms with van der Waals surface area (Å²) >= 11 is 12.6. The molecule has 4 aromatic carbocycles. The minimum Gasteiger partial charge on any atom is -0.399 e. The third-order valence-corrected chi connectivity index (χ3v) is 9.32. The summed E-state index contributed by atoms with van der Waals surface area (Å²) in [5.74, 6) is 0.591. The summed E-state index contributed by atoms with van der Waals surface area (Å²) in [6.07, 6.45) is 3.53. The summed E-state index contributed by atoms with van der Waals surface area (Å²) in [5, 5.41) is 5.53. The fraction of sp³-hybridized carbons (Fsp3) is 0.222. The van der Waals surface area contributed by atoms with Gasteiger partial charge in [0.1, 0.15) is 0 Å². The van der Waals surface area contributed by atoms with Crippen LogP contribution < -0.4 is 20.9 Å². The van der Waals surface area contributed by atoms with Gasteiger partial charge >= 0.3 is 0 Å². The first-order valence-electron chi connectivity index (χ1n) is 15.8. The van der Waals surface area contributed by atoms with Gasteiger partial charge in [0, 0.05) is 81.0 Å². The van der Waals surface area contributed by atoms with Gasteiger partial charge in [0.2, 0.25) is 11.2 Å². The van der Waals surface area contributed by atoms with Gasteiger partial charge in [0.15, 0.2) is 0 Å². The van der Waals surface area contributed by atoms with Crippen LogP contribution in [0.15, 0.2) is 106 Å². The molecule has 252 valence electrons. The number of nitrogens with two attached hydrogens (primary N) is 1. The molecule has 8 rings (SSSR count). The van der Waals surface area contributed by atoms with Crippen molar-refractivity contribution in [3.05, 3.63) is 112 Å². The van der Waals surface area contributed by atoms with Gasteiger partial charge in [-0.15, -0.1) is 0 Å². The number of anilines is 5. The molecule has 2 aliphatic rings. The van der Waals surface area contributed by atoms with E-state index >= 15 is 0 Å². The lowest BCUT2D eigenvalue weighted by Gasteiger charge is -2.28. The number of fused-ring (bicyclic) bond motifs is 2. The molecule has 13 heteroatoms. The SMILES string of the molecule is Brc1cccc2cnc(Nc3ccc(N4CCOCC4)cc3)nc12.Clc1ncc2cccc(Br)c2n1.Nc1ccc(N2CCOCC2)cc1. The number of aromatic nitrogens is 4. The van der Waals surface area contributed by atoms with Crippen LogP contribution in [0.25, 0.3) is 21.8 Å². The summed E-state index contributed by atoms with van der Waals surface area (Å²) in [5.41, 5.74) is 11.6. The lowest BCUT2D eigenvalue weighted by molar-refractivity contribution is 0.122. The summed E-state index contributed by atoms with van der Waals surface area (Å²) in [6.45, 7) is 7.06. The quantitative estimate of drug-likeness (QED) is 0.134. The summed E-state index contributed by atoms with van der Waals surface area (Å²) in [7, 11) is 0. The molecule has 6 aromatic rings. The van der Waals surface area contributed by atoms with Gasteiger partial charge in [0.25, 0.3) is 0 Å². The Morgan fingerprint density at radius 1 is 0.633 bits per heavy atom. The number of hydrogen-bond acceptors (Lipinski definition) is 10. The highest BCUT2D eigenvalue weighted by molar-refractivity contribution is 9.11. The van der Waals surface area contributed by atoms with Gasteiger partial charge < -0.3 is 30.3 Å². The molecule has 49 heavy (non-hydrogen) atoms. The number of nitrogens with zero attached hydrogens (tertiary/aromatic N) is 6. The standard InChI is InChI=1S/C18H17BrN4O.C10H14N2O.C8H4BrClN2/c19-16-3-1-2-13-12-20-18(22-17(13)16)21-14-4-6-15(7-5-14)23-8-10-24-11-9-23;11-9-1-3-10(4-2-9)12-5-7-13-8-6-12;9-6-3-1-2-5-4-11-8(10)12-7(5)6/h1-7,12H,8-11H2,(H,20,21,22);1-4H,5-8,11H2;1-4H. The van der Waals surface area contributed by atoms with E-state index in [0.717, 1.165) is 94.7 Å². The molecular weight excluding hydrogens is 772 g/mol. The molecule has 0 saturated carbocycles. The smallest absolute Gasteiger partial charge is 0.227 e. The van der Waals surface area contributed by atoms with Gasteiger partial charge in [-0.25, -0.2) is 19.9 Å². The van der Waals surface area contributed by atoms with E-state index in [1.54, 1.807) is 6.20 Å². The van der Waals surface area contributed by atoms with E-state index in [4.69, 9.17) is 26.8 Å². The Kier molecular flexibility index (Phi) is 12.1. The van der Waals surface area contributed by atoms with Crippen LogP contribution in [0, 0.1) is 0 Å². The zero-order chi connectivity index (χ0) is 34.0. The number of benzene rings is 4. The van der Waals surface area contributed by atoms with E-state index in [2.05, 4.69) is 103 Å². The molecule has 0 radical (unpaired) electrons. The second-order valence-corrected chi connectivity index (χ2v) is 13.2. The Morgan fingerprint density at radius 2 is 1.12 bits per heavy atom. The topological polar surface area (TPSA) is 115 Å². The lowest BCUT2D eigenvalue weighted by Crippen LogP contribution is -2.36. The molecule has 0 amide bonds. The van der Waals surface area contributed by atoms with Gasteiger partial charge in [-0.3, -0.25) is 0 Å². The van der Waals surface area contributed by atoms with E-state index < -0.39 is 0 Å². The van der Waals surface area contributed by atoms with E-state index in [9.17, 15) is 0 Å². The predicted octanol–water partition coefficient (Wildman–Crippen LogP) is 8.12. The molecule has 3 N–H and O–H groups in total. The Hall–Kier alpha value is -4.07. The van der Waals surface area contributed by atoms with Crippen molar-refractivity contribution in [1.82, 2.24) is 19.9 Å². The number of nitrogens with one attached hydrogen (secondary N) is 1. The first-order valence-corrected chi connectivity index (χ1v) is 17.8. The summed E-state index contributed by atoms with van der Waals surface area (Å²) in [6, 6.07) is 28.1. The van der Waals surface area contributed by atoms with Crippen LogP contribution in [-0.2, 0) is 9.47 Å². The first-order chi connectivity index (χ1) is 23.9. The van der Waals surface area contributed by atoms with Crippen LogP contribution in [0.3, 0.4) is 0 Å². The number of para-hydroxylation sites is 2. The molecule has 4 heterocycles. The second kappa shape index (κ2) is 17.0. The van der Waals surface area contributed by atoms with E-state index in [-0.39, 0.29) is 5.28 Å². The van der Waals surface area contributed by atoms with Gasteiger partial charge in [0.05, 0.1) is 37.5 Å². The van der Waals surface area contributed by atoms with Crippen LogP contribution in [0.2, 0.25) is 5.28 Å². The van der Waals surface area contributed by atoms with Crippen molar-refractivity contribution in [2.75, 3.05) is 73.5 Å². The lowest BCUT2D eigenvalue weighted by atomic mass is 10.2. The van der Waals surface area contributed by atoms with Crippen LogP contribution in [-0.4, -0.2) is 72.5 Å². The van der Waals surface area contributed by atoms with Crippen molar-refractivity contribution in [1.29, 1.82) is 0 Å². The maximum atomic E-state index is 5.65. The molecule has 2 aromatic heterocycles. The number of ether oxygens (including phenoxy) is 2. The van der Waals surface area contributed by atoms with E-state index in [1.807, 2.05) is 54.7 Å². The Bertz CT molecular complexity index is 1970. The molecule has 2 fully saturated rings. The minimum atomic E-state index is 0.273. The highest BCUT2D eigenvalue weighted by Gasteiger charge is 2.12. The number of hydrogen-bond donors (Lipinski definition) is 2. The Morgan fingerprint density at radius 3 is 1.67 bits per heavy atom. The van der Waals surface area contributed by atoms with Crippen LogP contribution in [0.5, 0.6) is 0 Å². The normalized spacial score (nSPS) is 14.4. The Balaban J connectivity index is 0.000000140. The first kappa shape index (κ1) is 34.8. The molecule has 0 spiro atoms. The molecular formula is C36H35Br2ClN8O2. The van der Waals surface area contributed by atoms with Crippen molar-refractivity contribution in [2.24, 2.45) is 0 Å². The Labute approximate surface area is 306 Å². The van der Waals surface area contributed by atoms with Gasteiger partial charge in [-0.05, 0) is 104 Å². The molecule has 2 saturated heterocycles. The number of halogens is 3. The zero-order valence-corrected chi connectivity index (χ0v) is 30.5. The number of rotatable bonds is 4. The number of morpholine rings is 2. The van der Waals surface area contributed by atoms with Gasteiger partial charge in [-0.1, -0.05) is 24.3 Å². The molecule has 0 atom stereocenters. The fourth-order valence-electron chi connectivity index (χ4n) is 5.29. The molecule has 2 aliphatic heterocycles. The number of nitrogen functional groups attached to an aromatic ring is 1. The zero-order valence-electron chi connectivity index (χ0n) is 26.6. The summed E-state index contributed by atoms with van der Waals surface area (Å²) in [4.78, 5) is 21.6. The predicted molar refractivity (Wildman–Crippen MR) is 206 cm³/mol. The van der Waals surface area contributed by atoms with Crippen molar-refractivity contribution in [3.8, 4) is 0 Å². The van der Waals surface area contributed by atoms with Crippen molar-refractivity contribution in [2.45, 2.75) is 0 Å². The minimum absolute atomic E-state index is 0.273. The van der Waals surface area contributed by atoms with Crippen molar-refractivity contribution >= 4 is 94.0 Å². The third kappa shape index (κ3) is 9.55. The van der Waals surface area contributed by atoms with Crippen LogP contribution >= 0.6 is 43.5 Å². The highest BCUT2D eigenvalue weighted by Crippen LogP contribution is 2.25. The average molecular weight is 807 g/mol. The fourth-order valence-corrected chi connectivity index (χ4v) is 6.36. The van der Waals surface area contributed by atoms with E-state index in [0.29, 0.717) is 5.95 Å². The van der Waals surface area contributed by atoms with Crippen LogP contribution in [0.4, 0.5) is 28.7 Å². The average Bonchev–Trinajstić information content (AvgIpc) is 3.14. The second-order valence-electron chi connectivity index (χ2n) is 11.2. The maximum Gasteiger partial charge on any atom is 0.227 e. The molecule has 0 unspecified atom stereocenters. The largest absolute Gasteiger partial charge is 0.399 e.